The second-order valence-corrected chi connectivity index (χ2v) is 9.83. The van der Waals surface area contributed by atoms with Gasteiger partial charge in [0.2, 0.25) is 0 Å². The minimum Gasteiger partial charge on any atom is -0.380 e. The van der Waals surface area contributed by atoms with Crippen molar-refractivity contribution in [2.45, 2.75) is 44.8 Å². The fourth-order valence-corrected chi connectivity index (χ4v) is 4.36. The van der Waals surface area contributed by atoms with Crippen molar-refractivity contribution in [3.8, 4) is 11.1 Å². The predicted molar refractivity (Wildman–Crippen MR) is 127 cm³/mol. The van der Waals surface area contributed by atoms with E-state index in [0.717, 1.165) is 37.1 Å². The molecule has 0 spiro atoms. The standard InChI is InChI=1S/C25H31ClFN3O3/c1-25(2)15-32-19(14-33-25)12-30-23-8-16(5-6-22(23)27)20-9-18(29-13-21(20)26)10-24(31)17-4-3-7-28-11-17/h5-6,8-9,13,17,19,28,30H,3-4,7,10-12,14-15H2,1-2H3/t17-,19+/m1/s1. The van der Waals surface area contributed by atoms with Crippen molar-refractivity contribution >= 4 is 23.1 Å². The predicted octanol–water partition coefficient (Wildman–Crippen LogP) is 4.26. The summed E-state index contributed by atoms with van der Waals surface area (Å²) in [6, 6.07) is 6.64. The van der Waals surface area contributed by atoms with Gasteiger partial charge in [-0.1, -0.05) is 17.7 Å². The van der Waals surface area contributed by atoms with Crippen molar-refractivity contribution in [1.29, 1.82) is 0 Å². The van der Waals surface area contributed by atoms with Crippen molar-refractivity contribution in [3.63, 3.8) is 0 Å². The molecule has 8 heteroatoms. The molecule has 2 N–H and O–H groups in total. The van der Waals surface area contributed by atoms with Crippen LogP contribution in [0.1, 0.15) is 32.4 Å². The van der Waals surface area contributed by atoms with Crippen LogP contribution >= 0.6 is 11.6 Å². The Bertz CT molecular complexity index is 985. The number of halogens is 2. The van der Waals surface area contributed by atoms with E-state index in [0.29, 0.717) is 36.2 Å². The van der Waals surface area contributed by atoms with Gasteiger partial charge in [0.15, 0.2) is 0 Å². The number of benzene rings is 1. The molecule has 0 unspecified atom stereocenters. The number of nitrogens with zero attached hydrogens (tertiary/aromatic N) is 1. The molecule has 4 rings (SSSR count). The van der Waals surface area contributed by atoms with Crippen LogP contribution < -0.4 is 10.6 Å². The zero-order valence-corrected chi connectivity index (χ0v) is 19.9. The lowest BCUT2D eigenvalue weighted by Gasteiger charge is -2.35. The van der Waals surface area contributed by atoms with Gasteiger partial charge in [-0.25, -0.2) is 4.39 Å². The molecule has 0 bridgehead atoms. The highest BCUT2D eigenvalue weighted by Gasteiger charge is 2.28. The van der Waals surface area contributed by atoms with Gasteiger partial charge in [0.1, 0.15) is 11.6 Å². The smallest absolute Gasteiger partial charge is 0.146 e. The lowest BCUT2D eigenvalue weighted by atomic mass is 9.92. The molecule has 178 valence electrons. The van der Waals surface area contributed by atoms with Gasteiger partial charge in [0.05, 0.1) is 35.6 Å². The van der Waals surface area contributed by atoms with Gasteiger partial charge in [0.25, 0.3) is 0 Å². The Morgan fingerprint density at radius 1 is 1.36 bits per heavy atom. The van der Waals surface area contributed by atoms with E-state index in [1.54, 1.807) is 18.3 Å². The summed E-state index contributed by atoms with van der Waals surface area (Å²) in [5.74, 6) is -0.152. The number of ketones is 1. The van der Waals surface area contributed by atoms with Gasteiger partial charge >= 0.3 is 0 Å². The third-order valence-electron chi connectivity index (χ3n) is 6.14. The maximum absolute atomic E-state index is 14.5. The molecular weight excluding hydrogens is 445 g/mol. The van der Waals surface area contributed by atoms with E-state index in [2.05, 4.69) is 15.6 Å². The number of anilines is 1. The first-order chi connectivity index (χ1) is 15.8. The minimum absolute atomic E-state index is 0.0258. The number of Topliss-reactive ketones (excluding diaryl/α,β-unsaturated/α-hetero) is 1. The molecule has 2 aliphatic heterocycles. The van der Waals surface area contributed by atoms with Crippen molar-refractivity contribution in [3.05, 3.63) is 47.0 Å². The van der Waals surface area contributed by atoms with E-state index in [9.17, 15) is 9.18 Å². The molecule has 1 aromatic heterocycles. The molecular formula is C25H31ClFN3O3. The van der Waals surface area contributed by atoms with Crippen molar-refractivity contribution < 1.29 is 18.7 Å². The normalized spacial score (nSPS) is 22.7. The number of hydrogen-bond acceptors (Lipinski definition) is 6. The monoisotopic (exact) mass is 475 g/mol. The van der Waals surface area contributed by atoms with Crippen LogP contribution in [0.3, 0.4) is 0 Å². The number of piperidine rings is 1. The van der Waals surface area contributed by atoms with Crippen LogP contribution in [0.15, 0.2) is 30.5 Å². The number of carbonyl (C=O) groups is 1. The Kier molecular flexibility index (Phi) is 7.64. The summed E-state index contributed by atoms with van der Waals surface area (Å²) in [5.41, 5.74) is 2.20. The lowest BCUT2D eigenvalue weighted by molar-refractivity contribution is -0.170. The summed E-state index contributed by atoms with van der Waals surface area (Å²) < 4.78 is 26.1. The summed E-state index contributed by atoms with van der Waals surface area (Å²) in [6.45, 7) is 7.01. The summed E-state index contributed by atoms with van der Waals surface area (Å²) >= 11 is 6.43. The zero-order valence-electron chi connectivity index (χ0n) is 19.1. The van der Waals surface area contributed by atoms with E-state index in [4.69, 9.17) is 21.1 Å². The fraction of sp³-hybridized carbons (Fsp3) is 0.520. The average molecular weight is 476 g/mol. The Labute approximate surface area is 199 Å². The molecule has 2 aromatic rings. The first kappa shape index (κ1) is 24.1. The van der Waals surface area contributed by atoms with E-state index in [1.165, 1.54) is 6.07 Å². The topological polar surface area (TPSA) is 72.5 Å². The van der Waals surface area contributed by atoms with Crippen LogP contribution in [0.5, 0.6) is 0 Å². The van der Waals surface area contributed by atoms with Crippen molar-refractivity contribution in [1.82, 2.24) is 10.3 Å². The Morgan fingerprint density at radius 3 is 2.94 bits per heavy atom. The second kappa shape index (κ2) is 10.5. The van der Waals surface area contributed by atoms with Gasteiger partial charge in [-0.3, -0.25) is 9.78 Å². The minimum atomic E-state index is -0.360. The summed E-state index contributed by atoms with van der Waals surface area (Å²) in [6.07, 6.45) is 3.59. The number of ether oxygens (including phenoxy) is 2. The first-order valence-corrected chi connectivity index (χ1v) is 11.9. The number of hydrogen-bond donors (Lipinski definition) is 2. The Balaban J connectivity index is 1.45. The highest BCUT2D eigenvalue weighted by molar-refractivity contribution is 6.33. The maximum atomic E-state index is 14.5. The molecule has 0 saturated carbocycles. The van der Waals surface area contributed by atoms with E-state index in [-0.39, 0.29) is 35.6 Å². The van der Waals surface area contributed by atoms with Gasteiger partial charge in [-0.15, -0.1) is 0 Å². The molecule has 0 amide bonds. The lowest BCUT2D eigenvalue weighted by Crippen LogP contribution is -2.44. The van der Waals surface area contributed by atoms with E-state index < -0.39 is 0 Å². The van der Waals surface area contributed by atoms with Gasteiger partial charge < -0.3 is 20.1 Å². The van der Waals surface area contributed by atoms with Crippen LogP contribution in [0.25, 0.3) is 11.1 Å². The zero-order chi connectivity index (χ0) is 23.4. The van der Waals surface area contributed by atoms with Crippen LogP contribution in [0.4, 0.5) is 10.1 Å². The van der Waals surface area contributed by atoms with Crippen molar-refractivity contribution in [2.75, 3.05) is 38.2 Å². The molecule has 0 aliphatic carbocycles. The first-order valence-electron chi connectivity index (χ1n) is 11.5. The number of carbonyl (C=O) groups excluding carboxylic acids is 1. The number of pyridine rings is 1. The molecule has 2 fully saturated rings. The molecule has 0 radical (unpaired) electrons. The van der Waals surface area contributed by atoms with Crippen LogP contribution in [-0.2, 0) is 20.7 Å². The Morgan fingerprint density at radius 2 is 2.21 bits per heavy atom. The van der Waals surface area contributed by atoms with Crippen LogP contribution in [-0.4, -0.2) is 55.3 Å². The molecule has 3 heterocycles. The SMILES string of the molecule is CC1(C)CO[C@@H](CNc2cc(-c3cc(CC(=O)[C@@H]4CCCNC4)ncc3Cl)ccc2F)CO1. The fourth-order valence-electron chi connectivity index (χ4n) is 4.15. The largest absolute Gasteiger partial charge is 0.380 e. The molecule has 2 atom stereocenters. The van der Waals surface area contributed by atoms with Crippen LogP contribution in [0.2, 0.25) is 5.02 Å². The summed E-state index contributed by atoms with van der Waals surface area (Å²) in [7, 11) is 0. The molecule has 6 nitrogen and oxygen atoms in total. The number of nitrogens with one attached hydrogen (secondary N) is 2. The molecule has 33 heavy (non-hydrogen) atoms. The van der Waals surface area contributed by atoms with E-state index in [1.807, 2.05) is 19.9 Å². The molecule has 1 aromatic carbocycles. The third-order valence-corrected chi connectivity index (χ3v) is 6.44. The second-order valence-electron chi connectivity index (χ2n) is 9.42. The third kappa shape index (κ3) is 6.29. The van der Waals surface area contributed by atoms with Crippen LogP contribution in [0, 0.1) is 11.7 Å². The number of rotatable bonds is 7. The highest BCUT2D eigenvalue weighted by Crippen LogP contribution is 2.31. The van der Waals surface area contributed by atoms with Gasteiger partial charge in [-0.05, 0) is 57.0 Å². The summed E-state index contributed by atoms with van der Waals surface area (Å²) in [4.78, 5) is 17.0. The molecule has 2 saturated heterocycles. The Hall–Kier alpha value is -2.06. The quantitative estimate of drug-likeness (QED) is 0.623. The number of aromatic nitrogens is 1. The summed E-state index contributed by atoms with van der Waals surface area (Å²) in [5, 5.41) is 6.86. The maximum Gasteiger partial charge on any atom is 0.146 e. The van der Waals surface area contributed by atoms with E-state index >= 15 is 0 Å². The van der Waals surface area contributed by atoms with Gasteiger partial charge in [-0.2, -0.15) is 0 Å². The average Bonchev–Trinajstić information content (AvgIpc) is 2.81. The van der Waals surface area contributed by atoms with Crippen molar-refractivity contribution in [2.24, 2.45) is 5.92 Å². The highest BCUT2D eigenvalue weighted by atomic mass is 35.5. The molecule has 2 aliphatic rings. The van der Waals surface area contributed by atoms with Gasteiger partial charge in [0, 0.05) is 42.9 Å².